The lowest BCUT2D eigenvalue weighted by Gasteiger charge is -2.22. The fourth-order valence-corrected chi connectivity index (χ4v) is 4.16. The number of aliphatic carboxylic acids is 1. The maximum Gasteiger partial charge on any atom is 0.329 e. The predicted octanol–water partition coefficient (Wildman–Crippen LogP) is 5.15. The number of benzene rings is 3. The lowest BCUT2D eigenvalue weighted by molar-refractivity contribution is -0.166. The molecule has 0 saturated carbocycles. The van der Waals surface area contributed by atoms with E-state index in [1.807, 2.05) is 24.3 Å². The van der Waals surface area contributed by atoms with Crippen molar-refractivity contribution < 1.29 is 36.7 Å². The first kappa shape index (κ1) is 22.4. The molecule has 0 spiro atoms. The zero-order valence-corrected chi connectivity index (χ0v) is 16.9. The average Bonchev–Trinajstić information content (AvgIpc) is 3.12. The van der Waals surface area contributed by atoms with Crippen LogP contribution in [0.4, 0.5) is 22.0 Å². The van der Waals surface area contributed by atoms with Gasteiger partial charge in [0.15, 0.2) is 29.3 Å². The van der Waals surface area contributed by atoms with Crippen LogP contribution in [0.3, 0.4) is 0 Å². The Balaban J connectivity index is 1.60. The Hall–Kier alpha value is -3.75. The summed E-state index contributed by atoms with van der Waals surface area (Å²) in [6.45, 7) is 0. The van der Waals surface area contributed by atoms with E-state index in [-0.39, 0.29) is 6.07 Å². The second kappa shape index (κ2) is 8.65. The molecule has 4 rings (SSSR count). The summed E-state index contributed by atoms with van der Waals surface area (Å²) in [6, 6.07) is 12.4. The quantitative estimate of drug-likeness (QED) is 0.239. The molecule has 0 aliphatic heterocycles. The molecule has 1 amide bonds. The van der Waals surface area contributed by atoms with E-state index in [0.717, 1.165) is 22.3 Å². The number of carbonyl (C=O) groups is 2. The highest BCUT2D eigenvalue weighted by Crippen LogP contribution is 2.46. The summed E-state index contributed by atoms with van der Waals surface area (Å²) >= 11 is 0. The molecule has 33 heavy (non-hydrogen) atoms. The van der Waals surface area contributed by atoms with Gasteiger partial charge in [-0.3, -0.25) is 4.79 Å². The minimum absolute atomic E-state index is 0.242. The number of amides is 1. The number of hydrogen-bond donors (Lipinski definition) is 1. The van der Waals surface area contributed by atoms with E-state index in [9.17, 15) is 36.7 Å². The summed E-state index contributed by atoms with van der Waals surface area (Å²) in [5.41, 5.74) is 2.35. The average molecular weight is 461 g/mol. The first-order valence-corrected chi connectivity index (χ1v) is 9.91. The van der Waals surface area contributed by atoms with Crippen molar-refractivity contribution in [3.8, 4) is 11.1 Å². The first-order valence-electron chi connectivity index (χ1n) is 9.91. The van der Waals surface area contributed by atoms with E-state index in [2.05, 4.69) is 0 Å². The van der Waals surface area contributed by atoms with Gasteiger partial charge >= 0.3 is 5.97 Å². The third kappa shape index (κ3) is 3.94. The van der Waals surface area contributed by atoms with E-state index in [1.165, 1.54) is 0 Å². The maximum absolute atomic E-state index is 14.9. The molecule has 1 unspecified atom stereocenters. The molecular weight excluding hydrogens is 445 g/mol. The van der Waals surface area contributed by atoms with Gasteiger partial charge in [0.05, 0.1) is 0 Å². The van der Waals surface area contributed by atoms with Gasteiger partial charge in [0.25, 0.3) is 5.91 Å². The van der Waals surface area contributed by atoms with Gasteiger partial charge in [-0.1, -0.05) is 53.0 Å². The third-order valence-electron chi connectivity index (χ3n) is 5.73. The van der Waals surface area contributed by atoms with Crippen LogP contribution in [-0.2, 0) is 16.0 Å². The van der Waals surface area contributed by atoms with Crippen LogP contribution < -0.4 is 0 Å². The standard InChI is InChI=1S/C24H16F5NO3/c25-18-9-12(21(26)23(28)22(18)27)10-19(24(32)33)30(29)20(31)11-17-15-7-3-1-5-13(15)14-6-2-4-8-16(14)17/h1-9,17,19H,10-11H2,(H,32,33). The van der Waals surface area contributed by atoms with Crippen molar-refractivity contribution in [2.45, 2.75) is 24.8 Å². The van der Waals surface area contributed by atoms with Crippen LogP contribution in [0.1, 0.15) is 29.0 Å². The summed E-state index contributed by atoms with van der Waals surface area (Å²) in [7, 11) is 0. The second-order valence-electron chi connectivity index (χ2n) is 7.65. The van der Waals surface area contributed by atoms with E-state index in [0.29, 0.717) is 0 Å². The van der Waals surface area contributed by atoms with Gasteiger partial charge in [-0.05, 0) is 33.9 Å². The molecule has 1 aliphatic rings. The summed E-state index contributed by atoms with van der Waals surface area (Å²) in [4.78, 5) is 24.3. The number of rotatable bonds is 6. The van der Waals surface area contributed by atoms with E-state index < -0.39 is 70.6 Å². The summed E-state index contributed by atoms with van der Waals surface area (Å²) in [5.74, 6) is -11.4. The Morgan fingerprint density at radius 2 is 1.42 bits per heavy atom. The lowest BCUT2D eigenvalue weighted by Crippen LogP contribution is -2.42. The fourth-order valence-electron chi connectivity index (χ4n) is 4.16. The Kier molecular flexibility index (Phi) is 5.88. The van der Waals surface area contributed by atoms with Crippen LogP contribution in [0.2, 0.25) is 0 Å². The van der Waals surface area contributed by atoms with Crippen LogP contribution in [-0.4, -0.2) is 28.1 Å². The van der Waals surface area contributed by atoms with Crippen LogP contribution >= 0.6 is 0 Å². The first-order chi connectivity index (χ1) is 15.7. The van der Waals surface area contributed by atoms with Crippen LogP contribution in [0.25, 0.3) is 11.1 Å². The van der Waals surface area contributed by atoms with E-state index in [4.69, 9.17) is 0 Å². The number of halogens is 5. The molecule has 3 aromatic carbocycles. The minimum atomic E-state index is -2.27. The number of hydrogen-bond acceptors (Lipinski definition) is 2. The van der Waals surface area contributed by atoms with Gasteiger partial charge in [-0.25, -0.2) is 22.4 Å². The molecule has 3 aromatic rings. The molecule has 9 heteroatoms. The Bertz CT molecular complexity index is 1220. The number of carbonyl (C=O) groups excluding carboxylic acids is 1. The van der Waals surface area contributed by atoms with Crippen molar-refractivity contribution in [1.82, 2.24) is 5.12 Å². The van der Waals surface area contributed by atoms with Crippen molar-refractivity contribution in [2.24, 2.45) is 0 Å². The van der Waals surface area contributed by atoms with Crippen LogP contribution in [0, 0.1) is 23.3 Å². The van der Waals surface area contributed by atoms with Crippen LogP contribution in [0.15, 0.2) is 54.6 Å². The van der Waals surface area contributed by atoms with Gasteiger partial charge in [0.1, 0.15) is 0 Å². The predicted molar refractivity (Wildman–Crippen MR) is 108 cm³/mol. The minimum Gasteiger partial charge on any atom is -0.480 e. The second-order valence-corrected chi connectivity index (χ2v) is 7.65. The highest BCUT2D eigenvalue weighted by Gasteiger charge is 2.36. The topological polar surface area (TPSA) is 57.6 Å². The van der Waals surface area contributed by atoms with Crippen LogP contribution in [0.5, 0.6) is 0 Å². The summed E-state index contributed by atoms with van der Waals surface area (Å²) in [6.07, 6.45) is -1.53. The molecule has 0 fully saturated rings. The molecule has 1 aliphatic carbocycles. The Morgan fingerprint density at radius 1 is 0.879 bits per heavy atom. The lowest BCUT2D eigenvalue weighted by atomic mass is 9.93. The number of nitrogens with zero attached hydrogens (tertiary/aromatic N) is 1. The molecule has 1 N–H and O–H groups in total. The highest BCUT2D eigenvalue weighted by atomic mass is 19.2. The molecule has 0 radical (unpaired) electrons. The molecule has 1 atom stereocenters. The normalized spacial score (nSPS) is 13.4. The number of fused-ring (bicyclic) bond motifs is 3. The van der Waals surface area contributed by atoms with Crippen molar-refractivity contribution in [2.75, 3.05) is 0 Å². The molecule has 0 aromatic heterocycles. The van der Waals surface area contributed by atoms with Crippen molar-refractivity contribution in [3.63, 3.8) is 0 Å². The molecule has 0 saturated heterocycles. The fraction of sp³-hybridized carbons (Fsp3) is 0.167. The van der Waals surface area contributed by atoms with Crippen molar-refractivity contribution >= 4 is 11.9 Å². The number of carboxylic acid groups (broad SMARTS) is 1. The largest absolute Gasteiger partial charge is 0.480 e. The van der Waals surface area contributed by atoms with Crippen molar-refractivity contribution in [3.05, 3.63) is 94.6 Å². The van der Waals surface area contributed by atoms with Gasteiger partial charge < -0.3 is 5.11 Å². The molecular formula is C24H16F5NO3. The van der Waals surface area contributed by atoms with Crippen molar-refractivity contribution in [1.29, 1.82) is 0 Å². The number of carboxylic acids is 1. The van der Waals surface area contributed by atoms with Gasteiger partial charge in [0, 0.05) is 18.8 Å². The van der Waals surface area contributed by atoms with Gasteiger partial charge in [-0.15, -0.1) is 0 Å². The zero-order chi connectivity index (χ0) is 23.9. The smallest absolute Gasteiger partial charge is 0.329 e. The molecule has 0 bridgehead atoms. The Labute approximate surface area is 184 Å². The Morgan fingerprint density at radius 3 is 1.97 bits per heavy atom. The SMILES string of the molecule is O=C(O)C(Cc1cc(F)c(F)c(F)c1F)N(F)C(=O)CC1c2ccccc2-c2ccccc21. The zero-order valence-electron chi connectivity index (χ0n) is 16.9. The van der Waals surface area contributed by atoms with Gasteiger partial charge in [-0.2, -0.15) is 5.12 Å². The van der Waals surface area contributed by atoms with E-state index >= 15 is 0 Å². The highest BCUT2D eigenvalue weighted by molar-refractivity contribution is 5.86. The monoisotopic (exact) mass is 461 g/mol. The molecule has 170 valence electrons. The van der Waals surface area contributed by atoms with Gasteiger partial charge in [0.2, 0.25) is 0 Å². The maximum atomic E-state index is 14.9. The van der Waals surface area contributed by atoms with E-state index in [1.54, 1.807) is 24.3 Å². The summed E-state index contributed by atoms with van der Waals surface area (Å²) in [5, 5.41) is 8.82. The molecule has 4 nitrogen and oxygen atoms in total. The summed E-state index contributed by atoms with van der Waals surface area (Å²) < 4.78 is 69.1. The molecule has 0 heterocycles. The third-order valence-corrected chi connectivity index (χ3v) is 5.73.